The standard InChI is InChI=1S/C12H22N2O3/c1-10(12(16)17)13(2)9-11(15)14-7-5-3-4-6-8-14/h10H,3-9H2,1-2H3,(H,16,17)/t10-/m0/s1. The Bertz CT molecular complexity index is 273. The zero-order chi connectivity index (χ0) is 12.8. The molecule has 1 fully saturated rings. The SMILES string of the molecule is C[C@@H](C(=O)O)N(C)CC(=O)N1CCCCCC1. The van der Waals surface area contributed by atoms with E-state index in [1.165, 1.54) is 12.8 Å². The highest BCUT2D eigenvalue weighted by molar-refractivity contribution is 5.79. The molecule has 1 aliphatic heterocycles. The summed E-state index contributed by atoms with van der Waals surface area (Å²) in [7, 11) is 1.68. The van der Waals surface area contributed by atoms with Crippen LogP contribution in [0, 0.1) is 0 Å². The average molecular weight is 242 g/mol. The highest BCUT2D eigenvalue weighted by Crippen LogP contribution is 2.10. The van der Waals surface area contributed by atoms with E-state index in [1.807, 2.05) is 4.90 Å². The number of carbonyl (C=O) groups excluding carboxylic acids is 1. The van der Waals surface area contributed by atoms with Gasteiger partial charge in [-0.2, -0.15) is 0 Å². The molecule has 0 aromatic heterocycles. The molecule has 5 nitrogen and oxygen atoms in total. The van der Waals surface area contributed by atoms with Gasteiger partial charge in [-0.25, -0.2) is 0 Å². The minimum Gasteiger partial charge on any atom is -0.480 e. The number of likely N-dealkylation sites (tertiary alicyclic amines) is 1. The van der Waals surface area contributed by atoms with E-state index in [0.717, 1.165) is 25.9 Å². The molecule has 98 valence electrons. The van der Waals surface area contributed by atoms with Crippen LogP contribution < -0.4 is 0 Å². The number of carbonyl (C=O) groups is 2. The van der Waals surface area contributed by atoms with Crippen molar-refractivity contribution in [1.82, 2.24) is 9.80 Å². The largest absolute Gasteiger partial charge is 0.480 e. The second kappa shape index (κ2) is 6.59. The lowest BCUT2D eigenvalue weighted by Gasteiger charge is -2.25. The lowest BCUT2D eigenvalue weighted by Crippen LogP contribution is -2.44. The summed E-state index contributed by atoms with van der Waals surface area (Å²) < 4.78 is 0. The van der Waals surface area contributed by atoms with Crippen LogP contribution in [0.1, 0.15) is 32.6 Å². The van der Waals surface area contributed by atoms with Gasteiger partial charge in [0.05, 0.1) is 6.54 Å². The molecule has 1 saturated heterocycles. The van der Waals surface area contributed by atoms with E-state index in [4.69, 9.17) is 5.11 Å². The maximum atomic E-state index is 12.0. The van der Waals surface area contributed by atoms with Crippen molar-refractivity contribution in [3.05, 3.63) is 0 Å². The highest BCUT2D eigenvalue weighted by Gasteiger charge is 2.22. The van der Waals surface area contributed by atoms with Crippen molar-refractivity contribution in [3.63, 3.8) is 0 Å². The van der Waals surface area contributed by atoms with Gasteiger partial charge in [0.25, 0.3) is 0 Å². The first-order valence-electron chi connectivity index (χ1n) is 6.23. The molecule has 1 heterocycles. The molecule has 0 aromatic carbocycles. The number of nitrogens with zero attached hydrogens (tertiary/aromatic N) is 2. The van der Waals surface area contributed by atoms with Gasteiger partial charge in [-0.3, -0.25) is 14.5 Å². The molecule has 0 unspecified atom stereocenters. The smallest absolute Gasteiger partial charge is 0.320 e. The van der Waals surface area contributed by atoms with Gasteiger partial charge in [0.1, 0.15) is 6.04 Å². The normalized spacial score (nSPS) is 18.9. The molecular weight excluding hydrogens is 220 g/mol. The van der Waals surface area contributed by atoms with Gasteiger partial charge in [-0.05, 0) is 26.8 Å². The van der Waals surface area contributed by atoms with Gasteiger partial charge < -0.3 is 10.0 Å². The van der Waals surface area contributed by atoms with Crippen molar-refractivity contribution in [2.24, 2.45) is 0 Å². The molecule has 17 heavy (non-hydrogen) atoms. The number of hydrogen-bond acceptors (Lipinski definition) is 3. The van der Waals surface area contributed by atoms with Crippen LogP contribution in [0.4, 0.5) is 0 Å². The Hall–Kier alpha value is -1.10. The second-order valence-electron chi connectivity index (χ2n) is 4.72. The van der Waals surface area contributed by atoms with Crippen LogP contribution in [0.15, 0.2) is 0 Å². The van der Waals surface area contributed by atoms with Gasteiger partial charge >= 0.3 is 5.97 Å². The van der Waals surface area contributed by atoms with Crippen molar-refractivity contribution < 1.29 is 14.7 Å². The van der Waals surface area contributed by atoms with E-state index in [-0.39, 0.29) is 12.5 Å². The van der Waals surface area contributed by atoms with E-state index >= 15 is 0 Å². The maximum absolute atomic E-state index is 12.0. The number of hydrogen-bond donors (Lipinski definition) is 1. The summed E-state index contributed by atoms with van der Waals surface area (Å²) in [5, 5.41) is 8.85. The van der Waals surface area contributed by atoms with Gasteiger partial charge in [0.15, 0.2) is 0 Å². The zero-order valence-corrected chi connectivity index (χ0v) is 10.7. The average Bonchev–Trinajstić information content (AvgIpc) is 2.56. The van der Waals surface area contributed by atoms with Crippen LogP contribution in [0.2, 0.25) is 0 Å². The third kappa shape index (κ3) is 4.34. The van der Waals surface area contributed by atoms with E-state index in [2.05, 4.69) is 0 Å². The third-order valence-electron chi connectivity index (χ3n) is 3.36. The first-order chi connectivity index (χ1) is 8.02. The number of carboxylic acid groups (broad SMARTS) is 1. The Labute approximate surface area is 102 Å². The fourth-order valence-electron chi connectivity index (χ4n) is 1.96. The van der Waals surface area contributed by atoms with Crippen LogP contribution in [-0.2, 0) is 9.59 Å². The predicted octanol–water partition coefficient (Wildman–Crippen LogP) is 0.794. The molecule has 0 spiro atoms. The Morgan fingerprint density at radius 3 is 2.24 bits per heavy atom. The van der Waals surface area contributed by atoms with Gasteiger partial charge in [-0.15, -0.1) is 0 Å². The lowest BCUT2D eigenvalue weighted by atomic mass is 10.2. The van der Waals surface area contributed by atoms with Crippen molar-refractivity contribution >= 4 is 11.9 Å². The van der Waals surface area contributed by atoms with E-state index in [9.17, 15) is 9.59 Å². The van der Waals surface area contributed by atoms with Crippen LogP contribution >= 0.6 is 0 Å². The van der Waals surface area contributed by atoms with Crippen molar-refractivity contribution in [2.45, 2.75) is 38.6 Å². The fourth-order valence-corrected chi connectivity index (χ4v) is 1.96. The Balaban J connectivity index is 2.44. The molecule has 5 heteroatoms. The van der Waals surface area contributed by atoms with Crippen LogP contribution in [0.3, 0.4) is 0 Å². The van der Waals surface area contributed by atoms with E-state index in [0.29, 0.717) is 0 Å². The molecule has 1 aliphatic rings. The Morgan fingerprint density at radius 2 is 1.76 bits per heavy atom. The zero-order valence-electron chi connectivity index (χ0n) is 10.7. The first-order valence-corrected chi connectivity index (χ1v) is 6.23. The number of amides is 1. The second-order valence-corrected chi connectivity index (χ2v) is 4.72. The van der Waals surface area contributed by atoms with Gasteiger partial charge in [-0.1, -0.05) is 12.8 Å². The first kappa shape index (κ1) is 14.0. The molecular formula is C12H22N2O3. The summed E-state index contributed by atoms with van der Waals surface area (Å²) in [4.78, 5) is 26.2. The summed E-state index contributed by atoms with van der Waals surface area (Å²) in [5.41, 5.74) is 0. The van der Waals surface area contributed by atoms with Crippen molar-refractivity contribution in [3.8, 4) is 0 Å². The maximum Gasteiger partial charge on any atom is 0.320 e. The Kier molecular flexibility index (Phi) is 5.41. The molecule has 0 aliphatic carbocycles. The molecule has 1 amide bonds. The summed E-state index contributed by atoms with van der Waals surface area (Å²) >= 11 is 0. The molecule has 1 N–H and O–H groups in total. The molecule has 0 aromatic rings. The number of carboxylic acids is 1. The summed E-state index contributed by atoms with van der Waals surface area (Å²) in [6.07, 6.45) is 4.49. The topological polar surface area (TPSA) is 60.9 Å². The van der Waals surface area contributed by atoms with Crippen LogP contribution in [0.25, 0.3) is 0 Å². The van der Waals surface area contributed by atoms with Gasteiger partial charge in [0, 0.05) is 13.1 Å². The van der Waals surface area contributed by atoms with Crippen LogP contribution in [-0.4, -0.2) is 59.5 Å². The fraction of sp³-hybridized carbons (Fsp3) is 0.833. The molecule has 0 radical (unpaired) electrons. The predicted molar refractivity (Wildman–Crippen MR) is 64.8 cm³/mol. The third-order valence-corrected chi connectivity index (χ3v) is 3.36. The quantitative estimate of drug-likeness (QED) is 0.792. The van der Waals surface area contributed by atoms with Crippen molar-refractivity contribution in [1.29, 1.82) is 0 Å². The number of rotatable bonds is 4. The van der Waals surface area contributed by atoms with E-state index in [1.54, 1.807) is 18.9 Å². The molecule has 1 rings (SSSR count). The number of likely N-dealkylation sites (N-methyl/N-ethyl adjacent to an activating group) is 1. The number of aliphatic carboxylic acids is 1. The molecule has 0 bridgehead atoms. The monoisotopic (exact) mass is 242 g/mol. The summed E-state index contributed by atoms with van der Waals surface area (Å²) in [6, 6.07) is -0.620. The van der Waals surface area contributed by atoms with Gasteiger partial charge in [0.2, 0.25) is 5.91 Å². The minimum absolute atomic E-state index is 0.0440. The molecule has 1 atom stereocenters. The minimum atomic E-state index is -0.892. The highest BCUT2D eigenvalue weighted by atomic mass is 16.4. The molecule has 0 saturated carbocycles. The summed E-state index contributed by atoms with van der Waals surface area (Å²) in [6.45, 7) is 3.41. The lowest BCUT2D eigenvalue weighted by molar-refractivity contribution is -0.143. The van der Waals surface area contributed by atoms with Crippen LogP contribution in [0.5, 0.6) is 0 Å². The Morgan fingerprint density at radius 1 is 1.24 bits per heavy atom. The van der Waals surface area contributed by atoms with Crippen molar-refractivity contribution in [2.75, 3.05) is 26.7 Å². The van der Waals surface area contributed by atoms with E-state index < -0.39 is 12.0 Å². The summed E-state index contributed by atoms with van der Waals surface area (Å²) in [5.74, 6) is -0.848.